The van der Waals surface area contributed by atoms with Gasteiger partial charge in [-0.25, -0.2) is 0 Å². The van der Waals surface area contributed by atoms with Crippen LogP contribution >= 0.6 is 0 Å². The van der Waals surface area contributed by atoms with Crippen molar-refractivity contribution in [2.75, 3.05) is 0 Å². The standard InChI is InChI=1S/C75H130N2/c1-5-9-13-16-19-22-25-28-31-34-37-40-43-46-49-52-55-62-70-64-58-60-67-72(70)76-74(66-12-8-4)75(69-57-54-51-48-45-42-39-36-33-30-27-24-21-18-15-11-7-3)77-73-68-61-59-65-71(73)63-56-53-50-47-44-41-38-35-32-29-26-23-20-17-14-10-6-2/h46-47,49-50,58-61,64-65,67-68H,5-45,48,51-57,62-63,66,69H2,1-4H3/b49-46+,50-47+,76-74?,77-75?. The lowest BCUT2D eigenvalue weighted by Crippen LogP contribution is -2.15. The molecule has 77 heavy (non-hydrogen) atoms. The molecule has 0 bridgehead atoms. The first-order chi connectivity index (χ1) is 38.2. The van der Waals surface area contributed by atoms with E-state index in [1.54, 1.807) is 0 Å². The number of rotatable bonds is 58. The third-order valence-electron chi connectivity index (χ3n) is 16.5. The van der Waals surface area contributed by atoms with E-state index in [1.165, 1.54) is 324 Å². The van der Waals surface area contributed by atoms with Crippen LogP contribution in [-0.4, -0.2) is 11.4 Å². The van der Waals surface area contributed by atoms with E-state index in [0.717, 1.165) is 50.6 Å². The van der Waals surface area contributed by atoms with Gasteiger partial charge in [0, 0.05) is 0 Å². The molecule has 0 amide bonds. The zero-order chi connectivity index (χ0) is 54.8. The molecule has 0 aromatic heterocycles. The Balaban J connectivity index is 1.98. The maximum atomic E-state index is 5.65. The number of allylic oxidation sites excluding steroid dienone is 4. The molecule has 2 aromatic carbocycles. The smallest absolute Gasteiger partial charge is 0.0665 e. The van der Waals surface area contributed by atoms with Crippen LogP contribution in [0.25, 0.3) is 0 Å². The van der Waals surface area contributed by atoms with Crippen LogP contribution in [0.1, 0.15) is 366 Å². The Morgan fingerprint density at radius 1 is 0.260 bits per heavy atom. The SMILES string of the molecule is CCCCCCCCCCCCCC/C=C/CCCc1ccccc1N=C(CCCC)C(CCCCCCCCCCCCCCCCCCC)=Nc1ccccc1CCC/C=C/CCCCCCCCCCCCCC. The van der Waals surface area contributed by atoms with Crippen molar-refractivity contribution >= 4 is 22.8 Å². The molecule has 2 nitrogen and oxygen atoms in total. The molecule has 0 fully saturated rings. The van der Waals surface area contributed by atoms with Gasteiger partial charge in [0.1, 0.15) is 0 Å². The van der Waals surface area contributed by atoms with Gasteiger partial charge in [-0.15, -0.1) is 0 Å². The molecule has 2 aromatic rings. The third-order valence-corrected chi connectivity index (χ3v) is 16.5. The molecule has 0 radical (unpaired) electrons. The summed E-state index contributed by atoms with van der Waals surface area (Å²) in [5.74, 6) is 0. The highest BCUT2D eigenvalue weighted by molar-refractivity contribution is 6.43. The van der Waals surface area contributed by atoms with Gasteiger partial charge in [-0.1, -0.05) is 339 Å². The minimum atomic E-state index is 0.997. The summed E-state index contributed by atoms with van der Waals surface area (Å²) in [5.41, 5.74) is 7.59. The van der Waals surface area contributed by atoms with E-state index in [2.05, 4.69) is 101 Å². The molecular formula is C75H130N2. The van der Waals surface area contributed by atoms with Crippen molar-refractivity contribution in [3.05, 3.63) is 84.0 Å². The van der Waals surface area contributed by atoms with Gasteiger partial charge < -0.3 is 0 Å². The van der Waals surface area contributed by atoms with Gasteiger partial charge in [0.15, 0.2) is 0 Å². The molecule has 2 rings (SSSR count). The summed E-state index contributed by atoms with van der Waals surface area (Å²) in [7, 11) is 0. The molecule has 2 heteroatoms. The lowest BCUT2D eigenvalue weighted by atomic mass is 9.99. The van der Waals surface area contributed by atoms with E-state index in [1.807, 2.05) is 0 Å². The molecule has 0 aliphatic carbocycles. The maximum Gasteiger partial charge on any atom is 0.0665 e. The molecule has 440 valence electrons. The number of benzene rings is 2. The second-order valence-electron chi connectivity index (χ2n) is 24.0. The van der Waals surface area contributed by atoms with E-state index in [4.69, 9.17) is 9.98 Å². The Kier molecular flexibility index (Phi) is 51.7. The monoisotopic (exact) mass is 1060 g/mol. The number of nitrogens with zero attached hydrogens (tertiary/aromatic N) is 2. The first-order valence-corrected chi connectivity index (χ1v) is 34.8. The van der Waals surface area contributed by atoms with Crippen LogP contribution in [0.5, 0.6) is 0 Å². The number of aryl methyl sites for hydroxylation is 2. The first kappa shape index (κ1) is 70.4. The van der Waals surface area contributed by atoms with Crippen LogP contribution in [0.2, 0.25) is 0 Å². The molecule has 0 atom stereocenters. The topological polar surface area (TPSA) is 24.7 Å². The van der Waals surface area contributed by atoms with Crippen molar-refractivity contribution in [1.29, 1.82) is 0 Å². The Hall–Kier alpha value is -2.74. The fourth-order valence-corrected chi connectivity index (χ4v) is 11.3. The van der Waals surface area contributed by atoms with Crippen LogP contribution in [0, 0.1) is 0 Å². The van der Waals surface area contributed by atoms with E-state index in [-0.39, 0.29) is 0 Å². The molecule has 0 unspecified atom stereocenters. The van der Waals surface area contributed by atoms with Gasteiger partial charge in [-0.3, -0.25) is 9.98 Å². The van der Waals surface area contributed by atoms with Gasteiger partial charge in [0.2, 0.25) is 0 Å². The molecule has 0 saturated heterocycles. The van der Waals surface area contributed by atoms with Crippen molar-refractivity contribution < 1.29 is 0 Å². The first-order valence-electron chi connectivity index (χ1n) is 34.8. The highest BCUT2D eigenvalue weighted by Gasteiger charge is 2.14. The molecule has 0 saturated carbocycles. The van der Waals surface area contributed by atoms with Crippen LogP contribution < -0.4 is 0 Å². The van der Waals surface area contributed by atoms with E-state index in [9.17, 15) is 0 Å². The average Bonchev–Trinajstić information content (AvgIpc) is 3.45. The van der Waals surface area contributed by atoms with Crippen molar-refractivity contribution in [3.8, 4) is 0 Å². The Morgan fingerprint density at radius 2 is 0.494 bits per heavy atom. The number of hydrogen-bond acceptors (Lipinski definition) is 2. The summed E-state index contributed by atoms with van der Waals surface area (Å²) >= 11 is 0. The predicted octanol–water partition coefficient (Wildman–Crippen LogP) is 26.7. The maximum absolute atomic E-state index is 5.65. The number of para-hydroxylation sites is 2. The summed E-state index contributed by atoms with van der Waals surface area (Å²) in [6.45, 7) is 9.26. The summed E-state index contributed by atoms with van der Waals surface area (Å²) < 4.78 is 0. The van der Waals surface area contributed by atoms with Crippen molar-refractivity contribution in [1.82, 2.24) is 0 Å². The largest absolute Gasteiger partial charge is 0.251 e. The Bertz CT molecular complexity index is 1660. The van der Waals surface area contributed by atoms with Crippen LogP contribution in [0.3, 0.4) is 0 Å². The lowest BCUT2D eigenvalue weighted by molar-refractivity contribution is 0.528. The molecule has 0 N–H and O–H groups in total. The fourth-order valence-electron chi connectivity index (χ4n) is 11.3. The number of unbranched alkanes of at least 4 members (excludes halogenated alkanes) is 43. The van der Waals surface area contributed by atoms with Crippen LogP contribution in [0.4, 0.5) is 11.4 Å². The van der Waals surface area contributed by atoms with E-state index in [0.29, 0.717) is 0 Å². The summed E-state index contributed by atoms with van der Waals surface area (Å²) in [4.78, 5) is 11.3. The highest BCUT2D eigenvalue weighted by Crippen LogP contribution is 2.27. The van der Waals surface area contributed by atoms with Crippen LogP contribution in [0.15, 0.2) is 82.8 Å². The zero-order valence-corrected chi connectivity index (χ0v) is 52.3. The van der Waals surface area contributed by atoms with Crippen molar-refractivity contribution in [2.24, 2.45) is 9.98 Å². The third kappa shape index (κ3) is 43.7. The number of hydrogen-bond donors (Lipinski definition) is 0. The van der Waals surface area contributed by atoms with E-state index < -0.39 is 0 Å². The quantitative estimate of drug-likeness (QED) is 0.0358. The molecule has 0 aliphatic heterocycles. The average molecular weight is 1060 g/mol. The van der Waals surface area contributed by atoms with Gasteiger partial charge >= 0.3 is 0 Å². The second kappa shape index (κ2) is 56.5. The molecule has 0 aliphatic rings. The van der Waals surface area contributed by atoms with Gasteiger partial charge in [-0.2, -0.15) is 0 Å². The van der Waals surface area contributed by atoms with Crippen LogP contribution in [-0.2, 0) is 12.8 Å². The summed E-state index contributed by atoms with van der Waals surface area (Å²) in [5, 5.41) is 0. The lowest BCUT2D eigenvalue weighted by Gasteiger charge is -2.14. The zero-order valence-electron chi connectivity index (χ0n) is 52.3. The highest BCUT2D eigenvalue weighted by atomic mass is 14.8. The van der Waals surface area contributed by atoms with Gasteiger partial charge in [0.25, 0.3) is 0 Å². The predicted molar refractivity (Wildman–Crippen MR) is 351 cm³/mol. The molecule has 0 spiro atoms. The normalized spacial score (nSPS) is 12.4. The summed E-state index contributed by atoms with van der Waals surface area (Å²) in [6.07, 6.45) is 81.3. The van der Waals surface area contributed by atoms with Crippen molar-refractivity contribution in [2.45, 2.75) is 368 Å². The van der Waals surface area contributed by atoms with Crippen molar-refractivity contribution in [3.63, 3.8) is 0 Å². The molecule has 0 heterocycles. The molecular weight excluding hydrogens is 929 g/mol. The van der Waals surface area contributed by atoms with Gasteiger partial charge in [0.05, 0.1) is 22.8 Å². The Morgan fingerprint density at radius 3 is 0.792 bits per heavy atom. The minimum absolute atomic E-state index is 0.997. The van der Waals surface area contributed by atoms with E-state index >= 15 is 0 Å². The second-order valence-corrected chi connectivity index (χ2v) is 24.0. The summed E-state index contributed by atoms with van der Waals surface area (Å²) in [6, 6.07) is 18.1. The minimum Gasteiger partial charge on any atom is -0.251 e. The number of aliphatic imine (C=N–C) groups is 2. The Labute approximate surface area is 482 Å². The fraction of sp³-hybridized carbons (Fsp3) is 0.760. The van der Waals surface area contributed by atoms with Gasteiger partial charge in [-0.05, 0) is 113 Å².